The minimum absolute atomic E-state index is 0.0246. The topological polar surface area (TPSA) is 97.0 Å². The van der Waals surface area contributed by atoms with Crippen molar-refractivity contribution >= 4 is 39.9 Å². The summed E-state index contributed by atoms with van der Waals surface area (Å²) in [6.07, 6.45) is 1.53. The van der Waals surface area contributed by atoms with E-state index in [1.54, 1.807) is 4.57 Å². The highest BCUT2D eigenvalue weighted by atomic mass is 35.5. The molecule has 0 saturated carbocycles. The lowest BCUT2D eigenvalue weighted by molar-refractivity contribution is -0.121. The highest BCUT2D eigenvalue weighted by Crippen LogP contribution is 2.25. The van der Waals surface area contributed by atoms with Crippen LogP contribution in [0, 0.1) is 6.92 Å². The number of ether oxygens (including phenoxy) is 1. The number of aromatic nitrogens is 4. The number of carbonyl (C=O) groups excluding carboxylic acids is 1. The fourth-order valence-electron chi connectivity index (χ4n) is 5.52. The molecule has 0 atom stereocenters. The molecule has 1 aliphatic rings. The number of nitrogens with one attached hydrogen (secondary N) is 1. The molecule has 0 aliphatic carbocycles. The Kier molecular flexibility index (Phi) is 9.76. The molecule has 224 valence electrons. The van der Waals surface area contributed by atoms with Crippen LogP contribution < -0.4 is 15.8 Å². The number of para-hydroxylation sites is 1. The van der Waals surface area contributed by atoms with Crippen LogP contribution in [0.2, 0.25) is 5.02 Å². The van der Waals surface area contributed by atoms with Gasteiger partial charge < -0.3 is 15.0 Å². The van der Waals surface area contributed by atoms with Crippen molar-refractivity contribution in [3.8, 4) is 0 Å². The molecule has 42 heavy (non-hydrogen) atoms. The average molecular weight is 594 g/mol. The molecule has 0 unspecified atom stereocenters. The van der Waals surface area contributed by atoms with Crippen molar-refractivity contribution in [2.75, 3.05) is 50.8 Å². The second-order valence-corrected chi connectivity index (χ2v) is 11.5. The Bertz CT molecular complexity index is 1590. The fraction of sp³-hybridized carbons (Fsp3) is 0.484. The van der Waals surface area contributed by atoms with Crippen LogP contribution in [-0.4, -0.2) is 82.0 Å². The second kappa shape index (κ2) is 13.7. The van der Waals surface area contributed by atoms with E-state index in [0.29, 0.717) is 49.5 Å². The Balaban J connectivity index is 1.16. The van der Waals surface area contributed by atoms with Gasteiger partial charge in [0.2, 0.25) is 11.7 Å². The number of piperazine rings is 1. The number of fused-ring (bicyclic) bond motifs is 3. The maximum absolute atomic E-state index is 13.3. The van der Waals surface area contributed by atoms with E-state index in [-0.39, 0.29) is 24.0 Å². The van der Waals surface area contributed by atoms with Crippen molar-refractivity contribution in [1.29, 1.82) is 0 Å². The van der Waals surface area contributed by atoms with Crippen LogP contribution in [0.15, 0.2) is 47.3 Å². The number of halogens is 1. The lowest BCUT2D eigenvalue weighted by Crippen LogP contribution is -2.48. The van der Waals surface area contributed by atoms with Crippen molar-refractivity contribution in [3.05, 3.63) is 69.2 Å². The summed E-state index contributed by atoms with van der Waals surface area (Å²) < 4.78 is 9.24. The Hall–Kier alpha value is -3.47. The van der Waals surface area contributed by atoms with Gasteiger partial charge in [-0.15, -0.1) is 10.2 Å². The minimum atomic E-state index is -0.0946. The molecule has 1 aliphatic heterocycles. The van der Waals surface area contributed by atoms with E-state index in [0.717, 1.165) is 43.3 Å². The zero-order valence-corrected chi connectivity index (χ0v) is 25.4. The molecule has 0 radical (unpaired) electrons. The van der Waals surface area contributed by atoms with Gasteiger partial charge >= 0.3 is 0 Å². The monoisotopic (exact) mass is 593 g/mol. The molecule has 1 N–H and O–H groups in total. The van der Waals surface area contributed by atoms with Crippen LogP contribution in [0.1, 0.15) is 38.1 Å². The third kappa shape index (κ3) is 6.94. The van der Waals surface area contributed by atoms with Crippen molar-refractivity contribution in [2.24, 2.45) is 0 Å². The summed E-state index contributed by atoms with van der Waals surface area (Å²) in [7, 11) is 0. The molecule has 4 aromatic rings. The first-order valence-electron chi connectivity index (χ1n) is 14.8. The smallest absolute Gasteiger partial charge is 0.262 e. The predicted molar refractivity (Wildman–Crippen MR) is 167 cm³/mol. The summed E-state index contributed by atoms with van der Waals surface area (Å²) in [5.74, 6) is 1.13. The van der Waals surface area contributed by atoms with Gasteiger partial charge in [0.25, 0.3) is 5.56 Å². The number of hydrogen-bond acceptors (Lipinski definition) is 7. The summed E-state index contributed by atoms with van der Waals surface area (Å²) >= 11 is 6.22. The van der Waals surface area contributed by atoms with Gasteiger partial charge in [0.15, 0.2) is 0 Å². The molecule has 10 nitrogen and oxygen atoms in total. The maximum Gasteiger partial charge on any atom is 0.262 e. The van der Waals surface area contributed by atoms with Gasteiger partial charge in [0, 0.05) is 76.0 Å². The molecule has 0 spiro atoms. The summed E-state index contributed by atoms with van der Waals surface area (Å²) in [5.41, 5.74) is 3.08. The summed E-state index contributed by atoms with van der Waals surface area (Å²) in [4.78, 5) is 30.8. The first kappa shape index (κ1) is 30.0. The predicted octanol–water partition coefficient (Wildman–Crippen LogP) is 3.69. The van der Waals surface area contributed by atoms with Crippen LogP contribution in [0.5, 0.6) is 0 Å². The SMILES string of the molecule is Cc1ccc(Cl)cc1N1CCN(CCNC(=O)CCc2nnc3n(CCCOC(C)C)c(=O)c4ccccc4n23)CC1. The van der Waals surface area contributed by atoms with Crippen LogP contribution in [0.3, 0.4) is 0 Å². The molecule has 1 fully saturated rings. The van der Waals surface area contributed by atoms with Crippen LogP contribution >= 0.6 is 11.6 Å². The normalized spacial score (nSPS) is 14.4. The van der Waals surface area contributed by atoms with Gasteiger partial charge in [0.1, 0.15) is 5.82 Å². The lowest BCUT2D eigenvalue weighted by Gasteiger charge is -2.36. The number of amides is 1. The quantitative estimate of drug-likeness (QED) is 0.250. The van der Waals surface area contributed by atoms with Crippen molar-refractivity contribution in [3.63, 3.8) is 0 Å². The molecule has 5 rings (SSSR count). The van der Waals surface area contributed by atoms with Crippen molar-refractivity contribution in [1.82, 2.24) is 29.4 Å². The Labute approximate surface area is 251 Å². The van der Waals surface area contributed by atoms with E-state index < -0.39 is 0 Å². The summed E-state index contributed by atoms with van der Waals surface area (Å²) in [5, 5.41) is 13.2. The number of anilines is 1. The summed E-state index contributed by atoms with van der Waals surface area (Å²) in [6, 6.07) is 13.5. The number of hydrogen-bond donors (Lipinski definition) is 1. The molecular formula is C31H40ClN7O3. The lowest BCUT2D eigenvalue weighted by atomic mass is 10.1. The highest BCUT2D eigenvalue weighted by Gasteiger charge is 2.20. The standard InChI is InChI=1S/C31H40ClN7O3/c1-22(2)42-20-6-14-38-30(41)25-7-4-5-8-26(25)39-28(34-35-31(38)39)11-12-29(40)33-13-15-36-16-18-37(19-17-36)27-21-24(32)10-9-23(27)3/h4-5,7-10,21-22H,6,11-20H2,1-3H3,(H,33,40). The molecular weight excluding hydrogens is 554 g/mol. The maximum atomic E-state index is 13.3. The first-order valence-corrected chi connectivity index (χ1v) is 15.2. The van der Waals surface area contributed by atoms with Gasteiger partial charge in [-0.1, -0.05) is 29.8 Å². The zero-order chi connectivity index (χ0) is 29.6. The van der Waals surface area contributed by atoms with E-state index in [9.17, 15) is 9.59 Å². The minimum Gasteiger partial charge on any atom is -0.379 e. The number of aryl methyl sites for hydroxylation is 3. The third-order valence-corrected chi connectivity index (χ3v) is 8.00. The average Bonchev–Trinajstić information content (AvgIpc) is 3.41. The first-order chi connectivity index (χ1) is 20.3. The van der Waals surface area contributed by atoms with Crippen molar-refractivity contribution < 1.29 is 9.53 Å². The highest BCUT2D eigenvalue weighted by molar-refractivity contribution is 6.30. The van der Waals surface area contributed by atoms with Crippen LogP contribution in [0.4, 0.5) is 5.69 Å². The molecule has 1 amide bonds. The summed E-state index contributed by atoms with van der Waals surface area (Å²) in [6.45, 7) is 12.3. The molecule has 3 heterocycles. The van der Waals surface area contributed by atoms with E-state index in [1.807, 2.05) is 54.6 Å². The van der Waals surface area contributed by atoms with E-state index in [4.69, 9.17) is 16.3 Å². The van der Waals surface area contributed by atoms with Gasteiger partial charge in [-0.2, -0.15) is 0 Å². The molecule has 2 aromatic heterocycles. The molecule has 1 saturated heterocycles. The van der Waals surface area contributed by atoms with E-state index in [2.05, 4.69) is 38.3 Å². The number of rotatable bonds is 12. The third-order valence-electron chi connectivity index (χ3n) is 7.76. The number of nitrogens with zero attached hydrogens (tertiary/aromatic N) is 6. The second-order valence-electron chi connectivity index (χ2n) is 11.1. The van der Waals surface area contributed by atoms with Crippen LogP contribution in [0.25, 0.3) is 16.7 Å². The molecule has 2 aromatic carbocycles. The molecule has 11 heteroatoms. The zero-order valence-electron chi connectivity index (χ0n) is 24.7. The van der Waals surface area contributed by atoms with Gasteiger partial charge in [-0.05, 0) is 57.0 Å². The number of carbonyl (C=O) groups is 1. The van der Waals surface area contributed by atoms with Crippen molar-refractivity contribution in [2.45, 2.75) is 52.7 Å². The van der Waals surface area contributed by atoms with E-state index in [1.165, 1.54) is 11.3 Å². The van der Waals surface area contributed by atoms with Gasteiger partial charge in [0.05, 0.1) is 17.0 Å². The largest absolute Gasteiger partial charge is 0.379 e. The van der Waals surface area contributed by atoms with Gasteiger partial charge in [-0.3, -0.25) is 23.5 Å². The Morgan fingerprint density at radius 2 is 1.86 bits per heavy atom. The van der Waals surface area contributed by atoms with Gasteiger partial charge in [-0.25, -0.2) is 0 Å². The Morgan fingerprint density at radius 3 is 2.64 bits per heavy atom. The molecule has 0 bridgehead atoms. The fourth-order valence-corrected chi connectivity index (χ4v) is 5.69. The van der Waals surface area contributed by atoms with E-state index >= 15 is 0 Å². The Morgan fingerprint density at radius 1 is 1.07 bits per heavy atom. The van der Waals surface area contributed by atoms with Crippen LogP contribution in [-0.2, 0) is 22.5 Å². The number of benzene rings is 2.